The standard InChI is InChI=1S/C14H21ClN2O/c1-10-6-7-17(13(10)9-18)14-11(8-16-2)4-3-5-12(14)15/h3-5,10,13,16,18H,6-9H2,1-2H3. The van der Waals surface area contributed by atoms with E-state index in [1.54, 1.807) is 0 Å². The van der Waals surface area contributed by atoms with E-state index in [0.29, 0.717) is 5.92 Å². The van der Waals surface area contributed by atoms with Gasteiger partial charge >= 0.3 is 0 Å². The monoisotopic (exact) mass is 268 g/mol. The Morgan fingerprint density at radius 3 is 2.94 bits per heavy atom. The van der Waals surface area contributed by atoms with Crippen LogP contribution in [0.15, 0.2) is 18.2 Å². The Bertz CT molecular complexity index is 411. The highest BCUT2D eigenvalue weighted by Crippen LogP contribution is 2.36. The summed E-state index contributed by atoms with van der Waals surface area (Å²) in [5, 5.41) is 13.5. The molecule has 1 aromatic carbocycles. The predicted molar refractivity (Wildman–Crippen MR) is 76.2 cm³/mol. The molecule has 1 aliphatic heterocycles. The van der Waals surface area contributed by atoms with E-state index in [4.69, 9.17) is 11.6 Å². The minimum atomic E-state index is 0.181. The van der Waals surface area contributed by atoms with Gasteiger partial charge in [0.15, 0.2) is 0 Å². The summed E-state index contributed by atoms with van der Waals surface area (Å²) in [7, 11) is 1.93. The zero-order chi connectivity index (χ0) is 13.1. The minimum Gasteiger partial charge on any atom is -0.394 e. The highest BCUT2D eigenvalue weighted by atomic mass is 35.5. The molecule has 2 rings (SSSR count). The molecule has 1 heterocycles. The lowest BCUT2D eigenvalue weighted by molar-refractivity contribution is 0.244. The van der Waals surface area contributed by atoms with Crippen LogP contribution in [-0.2, 0) is 6.54 Å². The van der Waals surface area contributed by atoms with Crippen LogP contribution in [0.1, 0.15) is 18.9 Å². The van der Waals surface area contributed by atoms with Crippen molar-refractivity contribution >= 4 is 17.3 Å². The summed E-state index contributed by atoms with van der Waals surface area (Å²) < 4.78 is 0. The number of nitrogens with one attached hydrogen (secondary N) is 1. The lowest BCUT2D eigenvalue weighted by Gasteiger charge is -2.30. The zero-order valence-electron chi connectivity index (χ0n) is 11.0. The van der Waals surface area contributed by atoms with E-state index in [1.807, 2.05) is 19.2 Å². The zero-order valence-corrected chi connectivity index (χ0v) is 11.7. The van der Waals surface area contributed by atoms with Crippen molar-refractivity contribution in [1.82, 2.24) is 5.32 Å². The van der Waals surface area contributed by atoms with E-state index in [9.17, 15) is 5.11 Å². The van der Waals surface area contributed by atoms with Gasteiger partial charge in [-0.1, -0.05) is 30.7 Å². The first kappa shape index (κ1) is 13.7. The second-order valence-electron chi connectivity index (χ2n) is 4.99. The van der Waals surface area contributed by atoms with Crippen molar-refractivity contribution in [2.24, 2.45) is 5.92 Å². The maximum absolute atomic E-state index is 9.58. The molecule has 0 saturated carbocycles. The average molecular weight is 269 g/mol. The van der Waals surface area contributed by atoms with E-state index < -0.39 is 0 Å². The fourth-order valence-electron chi connectivity index (χ4n) is 2.78. The van der Waals surface area contributed by atoms with Gasteiger partial charge in [-0.3, -0.25) is 0 Å². The summed E-state index contributed by atoms with van der Waals surface area (Å²) >= 11 is 6.36. The number of rotatable bonds is 4. The van der Waals surface area contributed by atoms with E-state index in [-0.39, 0.29) is 12.6 Å². The van der Waals surface area contributed by atoms with E-state index >= 15 is 0 Å². The number of hydrogen-bond donors (Lipinski definition) is 2. The van der Waals surface area contributed by atoms with Gasteiger partial charge in [0, 0.05) is 13.1 Å². The van der Waals surface area contributed by atoms with E-state index in [1.165, 1.54) is 5.56 Å². The van der Waals surface area contributed by atoms with Crippen LogP contribution in [0.4, 0.5) is 5.69 Å². The smallest absolute Gasteiger partial charge is 0.0643 e. The molecule has 0 bridgehead atoms. The molecule has 18 heavy (non-hydrogen) atoms. The van der Waals surface area contributed by atoms with Crippen molar-refractivity contribution in [2.75, 3.05) is 25.1 Å². The summed E-state index contributed by atoms with van der Waals surface area (Å²) in [6, 6.07) is 6.18. The summed E-state index contributed by atoms with van der Waals surface area (Å²) in [5.41, 5.74) is 2.27. The number of anilines is 1. The van der Waals surface area contributed by atoms with Crippen molar-refractivity contribution in [3.05, 3.63) is 28.8 Å². The van der Waals surface area contributed by atoms with Crippen LogP contribution in [0.2, 0.25) is 5.02 Å². The van der Waals surface area contributed by atoms with Crippen LogP contribution in [0.25, 0.3) is 0 Å². The first-order chi connectivity index (χ1) is 8.69. The van der Waals surface area contributed by atoms with Gasteiger partial charge in [-0.2, -0.15) is 0 Å². The third kappa shape index (κ3) is 2.48. The first-order valence-corrected chi connectivity index (χ1v) is 6.86. The highest BCUT2D eigenvalue weighted by Gasteiger charge is 2.32. The van der Waals surface area contributed by atoms with Crippen molar-refractivity contribution in [1.29, 1.82) is 0 Å². The summed E-state index contributed by atoms with van der Waals surface area (Å²) in [6.07, 6.45) is 1.11. The molecular formula is C14H21ClN2O. The molecule has 2 N–H and O–H groups in total. The van der Waals surface area contributed by atoms with Gasteiger partial charge in [0.1, 0.15) is 0 Å². The maximum atomic E-state index is 9.58. The second kappa shape index (κ2) is 5.91. The van der Waals surface area contributed by atoms with Crippen LogP contribution < -0.4 is 10.2 Å². The normalized spacial score (nSPS) is 23.7. The molecule has 1 aromatic rings. The lowest BCUT2D eigenvalue weighted by atomic mass is 10.0. The Hall–Kier alpha value is -0.770. The lowest BCUT2D eigenvalue weighted by Crippen LogP contribution is -2.36. The van der Waals surface area contributed by atoms with Crippen LogP contribution in [0.3, 0.4) is 0 Å². The number of para-hydroxylation sites is 1. The van der Waals surface area contributed by atoms with Gasteiger partial charge in [-0.25, -0.2) is 0 Å². The van der Waals surface area contributed by atoms with Crippen molar-refractivity contribution < 1.29 is 5.11 Å². The third-order valence-electron chi connectivity index (χ3n) is 3.79. The van der Waals surface area contributed by atoms with Gasteiger partial charge in [0.25, 0.3) is 0 Å². The molecule has 0 amide bonds. The number of benzene rings is 1. The molecule has 2 atom stereocenters. The largest absolute Gasteiger partial charge is 0.394 e. The Morgan fingerprint density at radius 1 is 1.50 bits per heavy atom. The Balaban J connectivity index is 2.37. The number of hydrogen-bond acceptors (Lipinski definition) is 3. The number of halogens is 1. The molecule has 4 heteroatoms. The molecular weight excluding hydrogens is 248 g/mol. The minimum absolute atomic E-state index is 0.181. The van der Waals surface area contributed by atoms with Crippen molar-refractivity contribution in [2.45, 2.75) is 25.9 Å². The fraction of sp³-hybridized carbons (Fsp3) is 0.571. The molecule has 3 nitrogen and oxygen atoms in total. The SMILES string of the molecule is CNCc1cccc(Cl)c1N1CCC(C)C1CO. The Labute approximate surface area is 114 Å². The topological polar surface area (TPSA) is 35.5 Å². The summed E-state index contributed by atoms with van der Waals surface area (Å²) in [4.78, 5) is 2.26. The molecule has 1 aliphatic rings. The molecule has 0 aromatic heterocycles. The number of aliphatic hydroxyl groups is 1. The van der Waals surface area contributed by atoms with Gasteiger partial charge in [0.05, 0.1) is 23.4 Å². The van der Waals surface area contributed by atoms with Crippen LogP contribution in [0, 0.1) is 5.92 Å². The highest BCUT2D eigenvalue weighted by molar-refractivity contribution is 6.33. The van der Waals surface area contributed by atoms with Gasteiger partial charge in [-0.15, -0.1) is 0 Å². The second-order valence-corrected chi connectivity index (χ2v) is 5.39. The van der Waals surface area contributed by atoms with Crippen LogP contribution in [0.5, 0.6) is 0 Å². The predicted octanol–water partition coefficient (Wildman–Crippen LogP) is 2.27. The van der Waals surface area contributed by atoms with Crippen LogP contribution >= 0.6 is 11.6 Å². The molecule has 0 radical (unpaired) electrons. The van der Waals surface area contributed by atoms with Crippen LogP contribution in [-0.4, -0.2) is 31.3 Å². The van der Waals surface area contributed by atoms with Gasteiger partial charge in [-0.05, 0) is 31.0 Å². The quantitative estimate of drug-likeness (QED) is 0.879. The molecule has 1 saturated heterocycles. The number of aliphatic hydroxyl groups excluding tert-OH is 1. The Kier molecular flexibility index (Phi) is 4.49. The Morgan fingerprint density at radius 2 is 2.28 bits per heavy atom. The molecule has 0 aliphatic carbocycles. The first-order valence-electron chi connectivity index (χ1n) is 6.48. The fourth-order valence-corrected chi connectivity index (χ4v) is 3.08. The average Bonchev–Trinajstić information content (AvgIpc) is 2.71. The van der Waals surface area contributed by atoms with E-state index in [0.717, 1.165) is 30.2 Å². The maximum Gasteiger partial charge on any atom is 0.0643 e. The third-order valence-corrected chi connectivity index (χ3v) is 4.10. The van der Waals surface area contributed by atoms with E-state index in [2.05, 4.69) is 23.2 Å². The molecule has 0 spiro atoms. The number of nitrogens with zero attached hydrogens (tertiary/aromatic N) is 1. The van der Waals surface area contributed by atoms with Crippen molar-refractivity contribution in [3.63, 3.8) is 0 Å². The molecule has 1 fully saturated rings. The molecule has 2 unspecified atom stereocenters. The van der Waals surface area contributed by atoms with Gasteiger partial charge in [0.2, 0.25) is 0 Å². The van der Waals surface area contributed by atoms with Crippen molar-refractivity contribution in [3.8, 4) is 0 Å². The molecule has 100 valence electrons. The summed E-state index contributed by atoms with van der Waals surface area (Å²) in [5.74, 6) is 0.508. The van der Waals surface area contributed by atoms with Gasteiger partial charge < -0.3 is 15.3 Å². The summed E-state index contributed by atoms with van der Waals surface area (Å²) in [6.45, 7) is 4.13.